The van der Waals surface area contributed by atoms with Crippen molar-refractivity contribution in [3.05, 3.63) is 71.4 Å². The number of amides is 1. The molecule has 1 heterocycles. The van der Waals surface area contributed by atoms with E-state index in [1.165, 1.54) is 0 Å². The maximum Gasteiger partial charge on any atom is 0.352 e. The van der Waals surface area contributed by atoms with Crippen LogP contribution in [-0.4, -0.2) is 33.4 Å². The summed E-state index contributed by atoms with van der Waals surface area (Å²) >= 11 is 0. The van der Waals surface area contributed by atoms with Crippen LogP contribution in [-0.2, 0) is 17.8 Å². The van der Waals surface area contributed by atoms with Crippen molar-refractivity contribution >= 4 is 22.8 Å². The Morgan fingerprint density at radius 1 is 1.04 bits per heavy atom. The van der Waals surface area contributed by atoms with E-state index in [1.54, 1.807) is 4.90 Å². The van der Waals surface area contributed by atoms with Crippen molar-refractivity contribution in [1.82, 2.24) is 9.88 Å². The van der Waals surface area contributed by atoms with Crippen molar-refractivity contribution in [3.8, 4) is 0 Å². The molecule has 3 rings (SSSR count). The molecule has 5 heteroatoms. The number of hydrogen-bond donors (Lipinski definition) is 2. The average molecular weight is 336 g/mol. The van der Waals surface area contributed by atoms with E-state index in [0.29, 0.717) is 18.7 Å². The van der Waals surface area contributed by atoms with Gasteiger partial charge in [0, 0.05) is 29.6 Å². The van der Waals surface area contributed by atoms with E-state index >= 15 is 0 Å². The fourth-order valence-corrected chi connectivity index (χ4v) is 3.01. The number of carbonyl (C=O) groups excluding carboxylic acids is 1. The lowest BCUT2D eigenvalue weighted by Crippen LogP contribution is -2.31. The van der Waals surface area contributed by atoms with Crippen molar-refractivity contribution < 1.29 is 14.7 Å². The van der Waals surface area contributed by atoms with Crippen molar-refractivity contribution in [1.29, 1.82) is 0 Å². The van der Waals surface area contributed by atoms with Gasteiger partial charge in [-0.25, -0.2) is 4.79 Å². The minimum absolute atomic E-state index is 0.0618. The molecule has 1 aromatic heterocycles. The van der Waals surface area contributed by atoms with Crippen LogP contribution in [0.25, 0.3) is 10.9 Å². The van der Waals surface area contributed by atoms with Gasteiger partial charge in [-0.2, -0.15) is 0 Å². The summed E-state index contributed by atoms with van der Waals surface area (Å²) in [6.45, 7) is 3.01. The third-order valence-corrected chi connectivity index (χ3v) is 4.31. The molecule has 0 atom stereocenters. The first-order chi connectivity index (χ1) is 12.1. The number of H-pyrrole nitrogens is 1. The number of aromatic carboxylic acids is 1. The molecule has 0 fully saturated rings. The number of carboxylic acids is 1. The van der Waals surface area contributed by atoms with Crippen LogP contribution >= 0.6 is 0 Å². The first-order valence-electron chi connectivity index (χ1n) is 8.24. The Labute approximate surface area is 145 Å². The van der Waals surface area contributed by atoms with Gasteiger partial charge in [0.05, 0.1) is 6.42 Å². The number of likely N-dealkylation sites (N-methyl/N-ethyl adjacent to an activating group) is 1. The largest absolute Gasteiger partial charge is 0.477 e. The zero-order chi connectivity index (χ0) is 17.8. The minimum Gasteiger partial charge on any atom is -0.477 e. The van der Waals surface area contributed by atoms with Gasteiger partial charge in [0.25, 0.3) is 0 Å². The van der Waals surface area contributed by atoms with E-state index in [1.807, 2.05) is 61.5 Å². The smallest absolute Gasteiger partial charge is 0.352 e. The molecule has 0 spiro atoms. The van der Waals surface area contributed by atoms with Gasteiger partial charge in [-0.15, -0.1) is 0 Å². The van der Waals surface area contributed by atoms with Crippen LogP contribution in [0.2, 0.25) is 0 Å². The molecule has 2 N–H and O–H groups in total. The van der Waals surface area contributed by atoms with Crippen molar-refractivity contribution in [2.24, 2.45) is 0 Å². The predicted octanol–water partition coefficient (Wildman–Crippen LogP) is 3.46. The standard InChI is InChI=1S/C20H20N2O3/c1-2-22(13-14-8-4-3-5-9-14)18(23)12-16-15-10-6-7-11-17(15)21-19(16)20(24)25/h3-11,21H,2,12-13H2,1H3,(H,24,25). The van der Waals surface area contributed by atoms with Gasteiger partial charge in [-0.05, 0) is 18.6 Å². The van der Waals surface area contributed by atoms with E-state index in [-0.39, 0.29) is 18.0 Å². The summed E-state index contributed by atoms with van der Waals surface area (Å²) in [5.41, 5.74) is 2.41. The molecular weight excluding hydrogens is 316 g/mol. The second-order valence-electron chi connectivity index (χ2n) is 5.90. The fraction of sp³-hybridized carbons (Fsp3) is 0.200. The van der Waals surface area contributed by atoms with Gasteiger partial charge in [-0.1, -0.05) is 48.5 Å². The number of benzene rings is 2. The average Bonchev–Trinajstić information content (AvgIpc) is 2.99. The Hall–Kier alpha value is -3.08. The number of aromatic nitrogens is 1. The molecule has 1 amide bonds. The number of rotatable bonds is 6. The van der Waals surface area contributed by atoms with E-state index in [4.69, 9.17) is 0 Å². The highest BCUT2D eigenvalue weighted by Gasteiger charge is 2.21. The van der Waals surface area contributed by atoms with Gasteiger partial charge < -0.3 is 15.0 Å². The molecule has 0 bridgehead atoms. The highest BCUT2D eigenvalue weighted by atomic mass is 16.4. The molecule has 0 unspecified atom stereocenters. The lowest BCUT2D eigenvalue weighted by molar-refractivity contribution is -0.130. The van der Waals surface area contributed by atoms with Crippen LogP contribution in [0.4, 0.5) is 0 Å². The Balaban J connectivity index is 1.88. The van der Waals surface area contributed by atoms with E-state index in [0.717, 1.165) is 16.5 Å². The molecule has 5 nitrogen and oxygen atoms in total. The quantitative estimate of drug-likeness (QED) is 0.724. The third kappa shape index (κ3) is 3.55. The number of carbonyl (C=O) groups is 2. The lowest BCUT2D eigenvalue weighted by atomic mass is 10.1. The summed E-state index contributed by atoms with van der Waals surface area (Å²) < 4.78 is 0. The van der Waals surface area contributed by atoms with Gasteiger partial charge in [-0.3, -0.25) is 4.79 Å². The van der Waals surface area contributed by atoms with Gasteiger partial charge in [0.15, 0.2) is 0 Å². The fourth-order valence-electron chi connectivity index (χ4n) is 3.01. The van der Waals surface area contributed by atoms with E-state index < -0.39 is 5.97 Å². The molecule has 2 aromatic carbocycles. The number of para-hydroxylation sites is 1. The SMILES string of the molecule is CCN(Cc1ccccc1)C(=O)Cc1c(C(=O)O)[nH]c2ccccc12. The summed E-state index contributed by atoms with van der Waals surface area (Å²) in [6, 6.07) is 17.1. The second kappa shape index (κ2) is 7.21. The second-order valence-corrected chi connectivity index (χ2v) is 5.90. The van der Waals surface area contributed by atoms with Crippen LogP contribution in [0, 0.1) is 0 Å². The van der Waals surface area contributed by atoms with Crippen molar-refractivity contribution in [2.45, 2.75) is 19.9 Å². The summed E-state index contributed by atoms with van der Waals surface area (Å²) in [7, 11) is 0. The number of nitrogens with one attached hydrogen (secondary N) is 1. The molecular formula is C20H20N2O3. The molecule has 0 saturated heterocycles. The Kier molecular flexibility index (Phi) is 4.84. The zero-order valence-corrected chi connectivity index (χ0v) is 14.0. The Morgan fingerprint density at radius 3 is 2.40 bits per heavy atom. The Bertz CT molecular complexity index is 900. The summed E-state index contributed by atoms with van der Waals surface area (Å²) in [6.07, 6.45) is 0.0618. The Morgan fingerprint density at radius 2 is 1.72 bits per heavy atom. The summed E-state index contributed by atoms with van der Waals surface area (Å²) in [4.78, 5) is 29.0. The van der Waals surface area contributed by atoms with Crippen LogP contribution in [0.5, 0.6) is 0 Å². The molecule has 3 aromatic rings. The number of aromatic amines is 1. The van der Waals surface area contributed by atoms with Crippen molar-refractivity contribution in [2.75, 3.05) is 6.54 Å². The number of fused-ring (bicyclic) bond motifs is 1. The number of nitrogens with zero attached hydrogens (tertiary/aromatic N) is 1. The number of carboxylic acid groups (broad SMARTS) is 1. The first kappa shape index (κ1) is 16.8. The van der Waals surface area contributed by atoms with Crippen LogP contribution < -0.4 is 0 Å². The monoisotopic (exact) mass is 336 g/mol. The van der Waals surface area contributed by atoms with Crippen LogP contribution in [0.3, 0.4) is 0 Å². The zero-order valence-electron chi connectivity index (χ0n) is 14.0. The number of hydrogen-bond acceptors (Lipinski definition) is 2. The van der Waals surface area contributed by atoms with Crippen molar-refractivity contribution in [3.63, 3.8) is 0 Å². The summed E-state index contributed by atoms with van der Waals surface area (Å²) in [5.74, 6) is -1.14. The molecule has 0 aliphatic carbocycles. The molecule has 0 aliphatic rings. The van der Waals surface area contributed by atoms with Gasteiger partial charge >= 0.3 is 5.97 Å². The predicted molar refractivity (Wildman–Crippen MR) is 96.5 cm³/mol. The topological polar surface area (TPSA) is 73.4 Å². The van der Waals surface area contributed by atoms with Crippen LogP contribution in [0.1, 0.15) is 28.5 Å². The minimum atomic E-state index is -1.05. The maximum atomic E-state index is 12.8. The highest BCUT2D eigenvalue weighted by molar-refractivity contribution is 6.00. The van der Waals surface area contributed by atoms with E-state index in [9.17, 15) is 14.7 Å². The third-order valence-electron chi connectivity index (χ3n) is 4.31. The van der Waals surface area contributed by atoms with Gasteiger partial charge in [0.2, 0.25) is 5.91 Å². The van der Waals surface area contributed by atoms with E-state index in [2.05, 4.69) is 4.98 Å². The first-order valence-corrected chi connectivity index (χ1v) is 8.24. The molecule has 25 heavy (non-hydrogen) atoms. The normalized spacial score (nSPS) is 10.8. The molecule has 128 valence electrons. The van der Waals surface area contributed by atoms with Gasteiger partial charge in [0.1, 0.15) is 5.69 Å². The maximum absolute atomic E-state index is 12.8. The molecule has 0 radical (unpaired) electrons. The highest BCUT2D eigenvalue weighted by Crippen LogP contribution is 2.24. The molecule has 0 saturated carbocycles. The summed E-state index contributed by atoms with van der Waals surface area (Å²) in [5, 5.41) is 10.2. The lowest BCUT2D eigenvalue weighted by Gasteiger charge is -2.21. The van der Waals surface area contributed by atoms with Crippen LogP contribution in [0.15, 0.2) is 54.6 Å². The molecule has 0 aliphatic heterocycles.